The molecule has 2 aromatic carbocycles. The van der Waals surface area contributed by atoms with Gasteiger partial charge in [-0.2, -0.15) is 5.26 Å². The van der Waals surface area contributed by atoms with Crippen LogP contribution in [0.2, 0.25) is 0 Å². The van der Waals surface area contributed by atoms with Crippen LogP contribution in [0.15, 0.2) is 65.5 Å². The van der Waals surface area contributed by atoms with Gasteiger partial charge in [0.25, 0.3) is 5.56 Å². The molecule has 0 bridgehead atoms. The number of aryl methyl sites for hydroxylation is 1. The highest BCUT2D eigenvalue weighted by Gasteiger charge is 2.07. The van der Waals surface area contributed by atoms with E-state index in [-0.39, 0.29) is 5.56 Å². The Morgan fingerprint density at radius 2 is 1.73 bits per heavy atom. The Labute approximate surface area is 128 Å². The molecule has 22 heavy (non-hydrogen) atoms. The number of nitrogens with zero attached hydrogens (tertiary/aromatic N) is 1. The van der Waals surface area contributed by atoms with Gasteiger partial charge in [-0.3, -0.25) is 4.79 Å². The zero-order valence-corrected chi connectivity index (χ0v) is 12.1. The molecular formula is C19H14N2O. The maximum atomic E-state index is 12.4. The average molecular weight is 286 g/mol. The van der Waals surface area contributed by atoms with Gasteiger partial charge in [-0.1, -0.05) is 36.4 Å². The van der Waals surface area contributed by atoms with Gasteiger partial charge in [0.05, 0.1) is 11.6 Å². The summed E-state index contributed by atoms with van der Waals surface area (Å²) in [6, 6.07) is 21.0. The number of nitriles is 1. The molecule has 3 nitrogen and oxygen atoms in total. The van der Waals surface area contributed by atoms with Crippen LogP contribution >= 0.6 is 0 Å². The van der Waals surface area contributed by atoms with Crippen LogP contribution in [0, 0.1) is 18.3 Å². The number of rotatable bonds is 2. The molecule has 1 heterocycles. The van der Waals surface area contributed by atoms with Gasteiger partial charge < -0.3 is 4.98 Å². The summed E-state index contributed by atoms with van der Waals surface area (Å²) < 4.78 is 0. The SMILES string of the molecule is Cc1cc(C#N)cc(-c2ccc(-c3ccccc3)[nH]c2=O)c1. The molecule has 3 rings (SSSR count). The van der Waals surface area contributed by atoms with Gasteiger partial charge in [-0.25, -0.2) is 0 Å². The first-order valence-corrected chi connectivity index (χ1v) is 6.98. The van der Waals surface area contributed by atoms with E-state index in [1.54, 1.807) is 18.2 Å². The minimum Gasteiger partial charge on any atom is -0.321 e. The first-order chi connectivity index (χ1) is 10.7. The van der Waals surface area contributed by atoms with Crippen LogP contribution in [-0.2, 0) is 0 Å². The minimum atomic E-state index is -0.157. The minimum absolute atomic E-state index is 0.157. The normalized spacial score (nSPS) is 10.2. The monoisotopic (exact) mass is 286 g/mol. The summed E-state index contributed by atoms with van der Waals surface area (Å²) in [5.74, 6) is 0. The Morgan fingerprint density at radius 1 is 0.955 bits per heavy atom. The van der Waals surface area contributed by atoms with Crippen LogP contribution < -0.4 is 5.56 Å². The second kappa shape index (κ2) is 5.71. The van der Waals surface area contributed by atoms with E-state index in [0.717, 1.165) is 22.4 Å². The van der Waals surface area contributed by atoms with Gasteiger partial charge in [-0.15, -0.1) is 0 Å². The summed E-state index contributed by atoms with van der Waals surface area (Å²) in [4.78, 5) is 15.3. The zero-order valence-electron chi connectivity index (χ0n) is 12.1. The lowest BCUT2D eigenvalue weighted by Gasteiger charge is -2.06. The van der Waals surface area contributed by atoms with Gasteiger partial charge in [0.2, 0.25) is 0 Å². The molecule has 0 saturated carbocycles. The molecule has 0 fully saturated rings. The van der Waals surface area contributed by atoms with Gasteiger partial charge in [0, 0.05) is 11.3 Å². The molecule has 0 amide bonds. The van der Waals surface area contributed by atoms with E-state index in [0.29, 0.717) is 11.1 Å². The van der Waals surface area contributed by atoms with Crippen molar-refractivity contribution < 1.29 is 0 Å². The van der Waals surface area contributed by atoms with Crippen molar-refractivity contribution in [2.24, 2.45) is 0 Å². The topological polar surface area (TPSA) is 56.6 Å². The Bertz CT molecular complexity index is 918. The summed E-state index contributed by atoms with van der Waals surface area (Å²) in [5.41, 5.74) is 4.44. The molecule has 3 heteroatoms. The molecule has 0 radical (unpaired) electrons. The molecule has 0 atom stereocenters. The van der Waals surface area contributed by atoms with E-state index in [2.05, 4.69) is 11.1 Å². The molecule has 3 aromatic rings. The molecule has 1 aromatic heterocycles. The lowest BCUT2D eigenvalue weighted by atomic mass is 10.0. The maximum Gasteiger partial charge on any atom is 0.256 e. The van der Waals surface area contributed by atoms with Crippen LogP contribution in [0.5, 0.6) is 0 Å². The quantitative estimate of drug-likeness (QED) is 0.777. The molecule has 1 N–H and O–H groups in total. The van der Waals surface area contributed by atoms with E-state index in [4.69, 9.17) is 5.26 Å². The second-order valence-electron chi connectivity index (χ2n) is 5.18. The van der Waals surface area contributed by atoms with Crippen molar-refractivity contribution in [1.29, 1.82) is 5.26 Å². The van der Waals surface area contributed by atoms with Gasteiger partial charge >= 0.3 is 0 Å². The lowest BCUT2D eigenvalue weighted by Crippen LogP contribution is -2.09. The molecule has 0 aliphatic rings. The smallest absolute Gasteiger partial charge is 0.256 e. The lowest BCUT2D eigenvalue weighted by molar-refractivity contribution is 1.24. The predicted molar refractivity (Wildman–Crippen MR) is 87.4 cm³/mol. The fourth-order valence-corrected chi connectivity index (χ4v) is 2.49. The molecule has 0 saturated heterocycles. The number of benzene rings is 2. The highest BCUT2D eigenvalue weighted by Crippen LogP contribution is 2.21. The van der Waals surface area contributed by atoms with Gasteiger partial charge in [-0.05, 0) is 47.9 Å². The average Bonchev–Trinajstić information content (AvgIpc) is 2.55. The van der Waals surface area contributed by atoms with E-state index < -0.39 is 0 Å². The summed E-state index contributed by atoms with van der Waals surface area (Å²) in [7, 11) is 0. The van der Waals surface area contributed by atoms with Crippen LogP contribution in [0.25, 0.3) is 22.4 Å². The van der Waals surface area contributed by atoms with Crippen molar-refractivity contribution in [3.05, 3.63) is 82.1 Å². The highest BCUT2D eigenvalue weighted by molar-refractivity contribution is 5.68. The predicted octanol–water partition coefficient (Wildman–Crippen LogP) is 3.89. The first kappa shape index (κ1) is 13.8. The Kier molecular flexibility index (Phi) is 3.59. The second-order valence-corrected chi connectivity index (χ2v) is 5.18. The maximum absolute atomic E-state index is 12.4. The van der Waals surface area contributed by atoms with Crippen LogP contribution in [0.3, 0.4) is 0 Å². The molecule has 106 valence electrons. The van der Waals surface area contributed by atoms with Crippen molar-refractivity contribution in [2.45, 2.75) is 6.92 Å². The largest absolute Gasteiger partial charge is 0.321 e. The third kappa shape index (κ3) is 2.68. The Morgan fingerprint density at radius 3 is 2.41 bits per heavy atom. The third-order valence-corrected chi connectivity index (χ3v) is 3.51. The number of H-pyrrole nitrogens is 1. The molecule has 0 unspecified atom stereocenters. The van der Waals surface area contributed by atoms with Crippen molar-refractivity contribution in [3.8, 4) is 28.5 Å². The van der Waals surface area contributed by atoms with Gasteiger partial charge in [0.1, 0.15) is 0 Å². The number of hydrogen-bond acceptors (Lipinski definition) is 2. The van der Waals surface area contributed by atoms with E-state index in [9.17, 15) is 4.79 Å². The standard InChI is InChI=1S/C19H14N2O/c1-13-9-14(12-20)11-16(10-13)17-7-8-18(21-19(17)22)15-5-3-2-4-6-15/h2-11H,1H3,(H,21,22). The summed E-state index contributed by atoms with van der Waals surface area (Å²) in [6.07, 6.45) is 0. The van der Waals surface area contributed by atoms with Crippen molar-refractivity contribution in [2.75, 3.05) is 0 Å². The third-order valence-electron chi connectivity index (χ3n) is 3.51. The Hall–Kier alpha value is -3.12. The van der Waals surface area contributed by atoms with Crippen LogP contribution in [0.4, 0.5) is 0 Å². The van der Waals surface area contributed by atoms with Crippen molar-refractivity contribution in [3.63, 3.8) is 0 Å². The van der Waals surface area contributed by atoms with E-state index >= 15 is 0 Å². The summed E-state index contributed by atoms with van der Waals surface area (Å²) in [6.45, 7) is 1.91. The number of hydrogen-bond donors (Lipinski definition) is 1. The molecular weight excluding hydrogens is 272 g/mol. The molecule has 0 aliphatic heterocycles. The molecule has 0 spiro atoms. The zero-order chi connectivity index (χ0) is 15.5. The first-order valence-electron chi connectivity index (χ1n) is 6.98. The fraction of sp³-hybridized carbons (Fsp3) is 0.0526. The summed E-state index contributed by atoms with van der Waals surface area (Å²) in [5, 5.41) is 9.06. The van der Waals surface area contributed by atoms with Crippen molar-refractivity contribution >= 4 is 0 Å². The highest BCUT2D eigenvalue weighted by atomic mass is 16.1. The van der Waals surface area contributed by atoms with Crippen molar-refractivity contribution in [1.82, 2.24) is 4.98 Å². The fourth-order valence-electron chi connectivity index (χ4n) is 2.49. The van der Waals surface area contributed by atoms with E-state index in [1.165, 1.54) is 0 Å². The molecule has 0 aliphatic carbocycles. The van der Waals surface area contributed by atoms with Crippen LogP contribution in [-0.4, -0.2) is 4.98 Å². The van der Waals surface area contributed by atoms with E-state index in [1.807, 2.05) is 49.4 Å². The van der Waals surface area contributed by atoms with Gasteiger partial charge in [0.15, 0.2) is 0 Å². The number of aromatic amines is 1. The number of pyridine rings is 1. The summed E-state index contributed by atoms with van der Waals surface area (Å²) >= 11 is 0. The Balaban J connectivity index is 2.09. The van der Waals surface area contributed by atoms with Crippen LogP contribution in [0.1, 0.15) is 11.1 Å². The number of nitrogens with one attached hydrogen (secondary N) is 1. The number of aromatic nitrogens is 1.